The van der Waals surface area contributed by atoms with Crippen molar-refractivity contribution in [3.63, 3.8) is 0 Å². The summed E-state index contributed by atoms with van der Waals surface area (Å²) in [6.07, 6.45) is 0. The van der Waals surface area contributed by atoms with E-state index in [1.807, 2.05) is 0 Å². The monoisotopic (exact) mass is 186 g/mol. The molecule has 2 rings (SSSR count). The largest absolute Gasteiger partial charge is 0.288 e. The standard InChI is InChI=1S/C6H4.N2.H2O3S/c1-2-6-4-3-5(1)6;1-2;1-4(2)3/h1-4H;;4H,(H,1,2,3). The maximum atomic E-state index is 8.59. The van der Waals surface area contributed by atoms with Crippen LogP contribution in [-0.4, -0.2) is 13.0 Å². The number of nitrogens with zero attached hydrogens (tertiary/aromatic N) is 2. The molecular weight excluding hydrogens is 180 g/mol. The Bertz CT molecular complexity index is 299. The lowest BCUT2D eigenvalue weighted by molar-refractivity contribution is 0.509. The number of hydrogen-bond acceptors (Lipinski definition) is 4. The van der Waals surface area contributed by atoms with Gasteiger partial charge in [0.2, 0.25) is 0 Å². The number of benzene rings is 1. The summed E-state index contributed by atoms with van der Waals surface area (Å²) < 4.78 is 24.2. The highest BCUT2D eigenvalue weighted by molar-refractivity contribution is 7.66. The molecule has 1 N–H and O–H groups in total. The molecular formula is C6H6N2O3S. The van der Waals surface area contributed by atoms with Crippen LogP contribution in [0.25, 0.3) is 11.1 Å². The lowest BCUT2D eigenvalue weighted by Gasteiger charge is -2.10. The van der Waals surface area contributed by atoms with Crippen LogP contribution in [0.3, 0.4) is 0 Å². The fourth-order valence-corrected chi connectivity index (χ4v) is 0.663. The molecule has 0 amide bonds. The minimum absolute atomic E-state index is 1.43. The minimum Gasteiger partial charge on any atom is -0.288 e. The van der Waals surface area contributed by atoms with E-state index in [0.29, 0.717) is 0 Å². The summed E-state index contributed by atoms with van der Waals surface area (Å²) in [5.41, 5.74) is 2.85. The zero-order chi connectivity index (χ0) is 9.56. The van der Waals surface area contributed by atoms with Crippen molar-refractivity contribution in [3.05, 3.63) is 24.3 Å². The normalized spacial score (nSPS) is 8.67. The number of thiol groups is 1. The van der Waals surface area contributed by atoms with Crippen LogP contribution in [-0.2, 0) is 11.0 Å². The smallest absolute Gasteiger partial charge is 0.254 e. The highest BCUT2D eigenvalue weighted by atomic mass is 32.2. The Labute approximate surface area is 70.8 Å². The fourth-order valence-electron chi connectivity index (χ4n) is 0.663. The molecule has 0 aromatic heterocycles. The van der Waals surface area contributed by atoms with Crippen LogP contribution < -0.4 is 0 Å². The Balaban J connectivity index is 0.000000181. The maximum Gasteiger partial charge on any atom is 0.254 e. The summed E-state index contributed by atoms with van der Waals surface area (Å²) in [5.74, 6) is 0. The fraction of sp³-hybridized carbons (Fsp3) is 0. The van der Waals surface area contributed by atoms with Crippen molar-refractivity contribution >= 4 is 11.0 Å². The van der Waals surface area contributed by atoms with Crippen LogP contribution in [0, 0.1) is 10.8 Å². The zero-order valence-corrected chi connectivity index (χ0v) is 6.81. The Morgan fingerprint density at radius 1 is 1.00 bits per heavy atom. The minimum atomic E-state index is -3.12. The van der Waals surface area contributed by atoms with Crippen LogP contribution in [0.1, 0.15) is 0 Å². The number of fused-ring (bicyclic) bond motifs is 1. The Morgan fingerprint density at radius 2 is 1.17 bits per heavy atom. The molecule has 5 nitrogen and oxygen atoms in total. The quantitative estimate of drug-likeness (QED) is 0.359. The molecule has 2 aliphatic carbocycles. The van der Waals surface area contributed by atoms with Crippen molar-refractivity contribution in [1.29, 1.82) is 10.8 Å². The average molecular weight is 186 g/mol. The lowest BCUT2D eigenvalue weighted by Crippen LogP contribution is -1.85. The van der Waals surface area contributed by atoms with Gasteiger partial charge in [-0.05, 0) is 11.1 Å². The summed E-state index contributed by atoms with van der Waals surface area (Å²) in [4.78, 5) is 0. The Morgan fingerprint density at radius 3 is 1.17 bits per heavy atom. The first kappa shape index (κ1) is 10.6. The third kappa shape index (κ3) is 3.09. The molecule has 0 aromatic carbocycles. The van der Waals surface area contributed by atoms with E-state index >= 15 is 0 Å². The SMILES string of the molecule is N#N.O=[SH](=O)O.c1cc2ccc1-2. The molecule has 0 fully saturated rings. The summed E-state index contributed by atoms with van der Waals surface area (Å²) in [7, 11) is -3.12. The summed E-state index contributed by atoms with van der Waals surface area (Å²) in [6.45, 7) is 0. The van der Waals surface area contributed by atoms with E-state index in [1.54, 1.807) is 0 Å². The van der Waals surface area contributed by atoms with Gasteiger partial charge in [-0.3, -0.25) is 4.55 Å². The van der Waals surface area contributed by atoms with E-state index in [0.717, 1.165) is 0 Å². The van der Waals surface area contributed by atoms with Crippen LogP contribution in [0.4, 0.5) is 0 Å². The molecule has 0 unspecified atom stereocenters. The molecule has 6 heteroatoms. The van der Waals surface area contributed by atoms with Gasteiger partial charge in [-0.15, -0.1) is 0 Å². The van der Waals surface area contributed by atoms with Gasteiger partial charge in [-0.1, -0.05) is 24.3 Å². The molecule has 0 saturated heterocycles. The topological polar surface area (TPSA) is 102 Å². The summed E-state index contributed by atoms with van der Waals surface area (Å²) >= 11 is 0. The first-order valence-corrected chi connectivity index (χ1v) is 3.97. The third-order valence-electron chi connectivity index (χ3n) is 1.22. The van der Waals surface area contributed by atoms with Crippen LogP contribution in [0.15, 0.2) is 24.3 Å². The van der Waals surface area contributed by atoms with Crippen molar-refractivity contribution in [2.24, 2.45) is 0 Å². The number of hydrogen-bond donors (Lipinski definition) is 2. The molecule has 0 bridgehead atoms. The van der Waals surface area contributed by atoms with Gasteiger partial charge in [0.1, 0.15) is 0 Å². The van der Waals surface area contributed by atoms with E-state index in [1.165, 1.54) is 11.1 Å². The molecule has 0 aromatic rings. The van der Waals surface area contributed by atoms with E-state index in [-0.39, 0.29) is 0 Å². The van der Waals surface area contributed by atoms with E-state index < -0.39 is 11.0 Å². The highest BCUT2D eigenvalue weighted by Gasteiger charge is 2.03. The van der Waals surface area contributed by atoms with Gasteiger partial charge in [0.15, 0.2) is 0 Å². The van der Waals surface area contributed by atoms with Gasteiger partial charge >= 0.3 is 0 Å². The Kier molecular flexibility index (Phi) is 4.60. The van der Waals surface area contributed by atoms with Crippen LogP contribution in [0.2, 0.25) is 0 Å². The van der Waals surface area contributed by atoms with Crippen molar-refractivity contribution in [2.75, 3.05) is 0 Å². The molecule has 0 atom stereocenters. The lowest BCUT2D eigenvalue weighted by atomic mass is 9.95. The van der Waals surface area contributed by atoms with E-state index in [2.05, 4.69) is 24.3 Å². The predicted octanol–water partition coefficient (Wildman–Crippen LogP) is 0.768. The molecule has 64 valence electrons. The van der Waals surface area contributed by atoms with Crippen LogP contribution >= 0.6 is 0 Å². The second kappa shape index (κ2) is 5.23. The third-order valence-corrected chi connectivity index (χ3v) is 1.22. The average Bonchev–Trinajstić information content (AvgIpc) is 2.00. The molecule has 0 spiro atoms. The molecule has 12 heavy (non-hydrogen) atoms. The highest BCUT2D eigenvalue weighted by Crippen LogP contribution is 2.29. The predicted molar refractivity (Wildman–Crippen MR) is 41.8 cm³/mol. The van der Waals surface area contributed by atoms with Gasteiger partial charge in [-0.25, -0.2) is 8.42 Å². The van der Waals surface area contributed by atoms with Crippen molar-refractivity contribution in [3.8, 4) is 11.1 Å². The zero-order valence-electron chi connectivity index (χ0n) is 5.91. The summed E-state index contributed by atoms with van der Waals surface area (Å²) in [6, 6.07) is 8.48. The van der Waals surface area contributed by atoms with Crippen molar-refractivity contribution in [2.45, 2.75) is 0 Å². The van der Waals surface area contributed by atoms with Gasteiger partial charge in [0, 0.05) is 10.8 Å². The summed E-state index contributed by atoms with van der Waals surface area (Å²) in [5, 5.41) is 12.0. The van der Waals surface area contributed by atoms with Gasteiger partial charge < -0.3 is 0 Å². The van der Waals surface area contributed by atoms with Gasteiger partial charge in [-0.2, -0.15) is 0 Å². The first-order valence-electron chi connectivity index (χ1n) is 2.84. The van der Waals surface area contributed by atoms with Gasteiger partial charge in [0.25, 0.3) is 11.0 Å². The first-order chi connectivity index (χ1) is 5.70. The Hall–Kier alpha value is -1.45. The second-order valence-corrected chi connectivity index (χ2v) is 2.29. The molecule has 2 aliphatic rings. The van der Waals surface area contributed by atoms with Gasteiger partial charge in [0.05, 0.1) is 0 Å². The van der Waals surface area contributed by atoms with E-state index in [9.17, 15) is 0 Å². The van der Waals surface area contributed by atoms with Crippen molar-refractivity contribution in [1.82, 2.24) is 0 Å². The molecule has 0 saturated carbocycles. The molecule has 0 heterocycles. The second-order valence-electron chi connectivity index (χ2n) is 1.82. The van der Waals surface area contributed by atoms with E-state index in [4.69, 9.17) is 23.8 Å². The number of rotatable bonds is 0. The maximum absolute atomic E-state index is 8.59. The van der Waals surface area contributed by atoms with Crippen molar-refractivity contribution < 1.29 is 13.0 Å². The molecule has 0 aliphatic heterocycles. The van der Waals surface area contributed by atoms with Crippen LogP contribution in [0.5, 0.6) is 0 Å². The molecule has 0 radical (unpaired) electrons.